The summed E-state index contributed by atoms with van der Waals surface area (Å²) in [5, 5.41) is 11.3. The van der Waals surface area contributed by atoms with E-state index in [0.29, 0.717) is 22.8 Å². The number of amides is 1. The molecule has 2 aliphatic rings. The van der Waals surface area contributed by atoms with E-state index < -0.39 is 17.7 Å². The molecule has 1 N–H and O–H groups in total. The molecule has 1 amide bonds. The number of aryl methyl sites for hydroxylation is 2. The molecule has 32 heavy (non-hydrogen) atoms. The number of nitrogens with zero attached hydrogens (tertiary/aromatic N) is 1. The van der Waals surface area contributed by atoms with Gasteiger partial charge in [0.2, 0.25) is 0 Å². The highest BCUT2D eigenvalue weighted by Gasteiger charge is 2.48. The number of anilines is 1. The van der Waals surface area contributed by atoms with Crippen LogP contribution >= 0.6 is 0 Å². The highest BCUT2D eigenvalue weighted by molar-refractivity contribution is 6.51. The first-order valence-corrected chi connectivity index (χ1v) is 10.7. The molecule has 0 radical (unpaired) electrons. The Labute approximate surface area is 185 Å². The largest absolute Gasteiger partial charge is 0.507 e. The summed E-state index contributed by atoms with van der Waals surface area (Å²) in [7, 11) is 1.54. The van der Waals surface area contributed by atoms with E-state index in [4.69, 9.17) is 9.15 Å². The van der Waals surface area contributed by atoms with E-state index in [9.17, 15) is 14.7 Å². The zero-order valence-corrected chi connectivity index (χ0v) is 17.7. The van der Waals surface area contributed by atoms with Gasteiger partial charge in [0.25, 0.3) is 11.7 Å². The standard InChI is InChI=1S/C26H23NO5/c1-31-20-9-4-8-19(15-20)27-23(21-10-5-13-32-21)22(25(29)26(27)30)24(28)18-12-11-16-6-2-3-7-17(16)14-18/h4-5,8-15,23,28H,2-3,6-7H2,1H3/b24-22-. The number of rotatable bonds is 4. The van der Waals surface area contributed by atoms with Crippen molar-refractivity contribution < 1.29 is 23.8 Å². The Kier molecular flexibility index (Phi) is 5.05. The Morgan fingerprint density at radius 3 is 2.59 bits per heavy atom. The van der Waals surface area contributed by atoms with Crippen molar-refractivity contribution in [2.75, 3.05) is 12.0 Å². The van der Waals surface area contributed by atoms with Crippen LogP contribution in [-0.2, 0) is 22.4 Å². The number of Topliss-reactive ketones (excluding diaryl/α,β-unsaturated/α-hetero) is 1. The fraction of sp³-hybridized carbons (Fsp3) is 0.231. The highest BCUT2D eigenvalue weighted by Crippen LogP contribution is 2.43. The normalized spacial score (nSPS) is 19.8. The molecule has 3 aromatic rings. The van der Waals surface area contributed by atoms with Gasteiger partial charge in [-0.15, -0.1) is 0 Å². The van der Waals surface area contributed by atoms with Crippen molar-refractivity contribution in [3.8, 4) is 5.75 Å². The third kappa shape index (κ3) is 3.28. The monoisotopic (exact) mass is 429 g/mol. The van der Waals surface area contributed by atoms with Crippen molar-refractivity contribution in [2.24, 2.45) is 0 Å². The van der Waals surface area contributed by atoms with Crippen LogP contribution in [0.15, 0.2) is 70.9 Å². The molecule has 0 bridgehead atoms. The van der Waals surface area contributed by atoms with E-state index in [1.807, 2.05) is 18.2 Å². The molecule has 2 heterocycles. The fourth-order valence-electron chi connectivity index (χ4n) is 4.61. The Morgan fingerprint density at radius 1 is 1.03 bits per heavy atom. The van der Waals surface area contributed by atoms with Crippen LogP contribution in [0.4, 0.5) is 5.69 Å². The zero-order chi connectivity index (χ0) is 22.2. The molecule has 1 unspecified atom stereocenters. The number of hydrogen-bond acceptors (Lipinski definition) is 5. The van der Waals surface area contributed by atoms with E-state index in [2.05, 4.69) is 0 Å². The number of aliphatic hydroxyl groups excluding tert-OH is 1. The third-order valence-corrected chi connectivity index (χ3v) is 6.21. The number of carbonyl (C=O) groups is 2. The van der Waals surface area contributed by atoms with Gasteiger partial charge in [0, 0.05) is 17.3 Å². The average Bonchev–Trinajstić information content (AvgIpc) is 3.45. The molecule has 2 aromatic carbocycles. The number of hydrogen-bond donors (Lipinski definition) is 1. The molecule has 1 aliphatic carbocycles. The van der Waals surface area contributed by atoms with Gasteiger partial charge in [-0.2, -0.15) is 0 Å². The van der Waals surface area contributed by atoms with Gasteiger partial charge >= 0.3 is 0 Å². The summed E-state index contributed by atoms with van der Waals surface area (Å²) >= 11 is 0. The molecule has 162 valence electrons. The van der Waals surface area contributed by atoms with Crippen molar-refractivity contribution in [1.29, 1.82) is 0 Å². The maximum atomic E-state index is 13.2. The van der Waals surface area contributed by atoms with Crippen LogP contribution in [-0.4, -0.2) is 23.9 Å². The smallest absolute Gasteiger partial charge is 0.300 e. The van der Waals surface area contributed by atoms with E-state index >= 15 is 0 Å². The van der Waals surface area contributed by atoms with Crippen LogP contribution in [0.2, 0.25) is 0 Å². The average molecular weight is 429 g/mol. The quantitative estimate of drug-likeness (QED) is 0.366. The Morgan fingerprint density at radius 2 is 1.84 bits per heavy atom. The van der Waals surface area contributed by atoms with E-state index in [1.165, 1.54) is 29.4 Å². The number of ether oxygens (including phenoxy) is 1. The Hall–Kier alpha value is -3.80. The minimum Gasteiger partial charge on any atom is -0.507 e. The molecule has 0 saturated carbocycles. The lowest BCUT2D eigenvalue weighted by Crippen LogP contribution is -2.29. The predicted octanol–water partition coefficient (Wildman–Crippen LogP) is 4.79. The summed E-state index contributed by atoms with van der Waals surface area (Å²) in [4.78, 5) is 27.7. The second kappa shape index (κ2) is 8.04. The number of benzene rings is 2. The number of ketones is 1. The van der Waals surface area contributed by atoms with Gasteiger partial charge < -0.3 is 14.3 Å². The first-order chi connectivity index (χ1) is 15.6. The summed E-state index contributed by atoms with van der Waals surface area (Å²) < 4.78 is 10.9. The molecule has 0 spiro atoms. The van der Waals surface area contributed by atoms with Crippen LogP contribution < -0.4 is 9.64 Å². The third-order valence-electron chi connectivity index (χ3n) is 6.21. The van der Waals surface area contributed by atoms with Crippen molar-refractivity contribution in [3.63, 3.8) is 0 Å². The molecule has 1 fully saturated rings. The van der Waals surface area contributed by atoms with Crippen molar-refractivity contribution in [2.45, 2.75) is 31.7 Å². The van der Waals surface area contributed by atoms with E-state index in [1.54, 1.807) is 36.4 Å². The molecular weight excluding hydrogens is 406 g/mol. The second-order valence-corrected chi connectivity index (χ2v) is 8.08. The summed E-state index contributed by atoms with van der Waals surface area (Å²) in [6, 6.07) is 15.2. The van der Waals surface area contributed by atoms with Crippen molar-refractivity contribution in [3.05, 3.63) is 88.9 Å². The van der Waals surface area contributed by atoms with Crippen LogP contribution in [0.3, 0.4) is 0 Å². The van der Waals surface area contributed by atoms with Gasteiger partial charge in [0.15, 0.2) is 0 Å². The highest BCUT2D eigenvalue weighted by atomic mass is 16.5. The SMILES string of the molecule is COc1cccc(N2C(=O)C(=O)/C(=C(\O)c3ccc4c(c3)CCCC4)C2c2ccco2)c1. The molecule has 1 atom stereocenters. The van der Waals surface area contributed by atoms with Gasteiger partial charge in [-0.05, 0) is 67.1 Å². The van der Waals surface area contributed by atoms with E-state index in [-0.39, 0.29) is 11.3 Å². The van der Waals surface area contributed by atoms with Crippen LogP contribution in [0.25, 0.3) is 5.76 Å². The maximum absolute atomic E-state index is 13.2. The number of carbonyl (C=O) groups excluding carboxylic acids is 2. The first kappa shape index (κ1) is 20.1. The minimum absolute atomic E-state index is 0.0172. The lowest BCUT2D eigenvalue weighted by atomic mass is 9.89. The van der Waals surface area contributed by atoms with E-state index in [0.717, 1.165) is 25.7 Å². The van der Waals surface area contributed by atoms with Crippen LogP contribution in [0.1, 0.15) is 41.3 Å². The molecule has 1 aliphatic heterocycles. The molecule has 6 nitrogen and oxygen atoms in total. The van der Waals surface area contributed by atoms with Gasteiger partial charge in [0.05, 0.1) is 18.9 Å². The van der Waals surface area contributed by atoms with Gasteiger partial charge in [0.1, 0.15) is 23.3 Å². The fourth-order valence-corrected chi connectivity index (χ4v) is 4.61. The second-order valence-electron chi connectivity index (χ2n) is 8.08. The number of fused-ring (bicyclic) bond motifs is 1. The van der Waals surface area contributed by atoms with Gasteiger partial charge in [-0.25, -0.2) is 0 Å². The molecule has 6 heteroatoms. The number of aliphatic hydroxyl groups is 1. The summed E-state index contributed by atoms with van der Waals surface area (Å²) in [5.41, 5.74) is 3.48. The molecule has 1 aromatic heterocycles. The molecule has 1 saturated heterocycles. The summed E-state index contributed by atoms with van der Waals surface area (Å²) in [5.74, 6) is -0.712. The Bertz CT molecular complexity index is 1220. The lowest BCUT2D eigenvalue weighted by molar-refractivity contribution is -0.132. The number of furan rings is 1. The minimum atomic E-state index is -0.881. The Balaban J connectivity index is 1.67. The summed E-state index contributed by atoms with van der Waals surface area (Å²) in [6.45, 7) is 0. The van der Waals surface area contributed by atoms with Crippen LogP contribution in [0, 0.1) is 0 Å². The molecular formula is C26H23NO5. The summed E-state index contributed by atoms with van der Waals surface area (Å²) in [6.07, 6.45) is 5.70. The van der Waals surface area contributed by atoms with Crippen molar-refractivity contribution in [1.82, 2.24) is 0 Å². The van der Waals surface area contributed by atoms with Gasteiger partial charge in [-0.1, -0.05) is 18.2 Å². The van der Waals surface area contributed by atoms with Crippen LogP contribution in [0.5, 0.6) is 5.75 Å². The zero-order valence-electron chi connectivity index (χ0n) is 17.7. The van der Waals surface area contributed by atoms with Crippen molar-refractivity contribution >= 4 is 23.1 Å². The number of methoxy groups -OCH3 is 1. The van der Waals surface area contributed by atoms with Gasteiger partial charge in [-0.3, -0.25) is 14.5 Å². The topological polar surface area (TPSA) is 80.0 Å². The maximum Gasteiger partial charge on any atom is 0.300 e. The molecule has 5 rings (SSSR count). The predicted molar refractivity (Wildman–Crippen MR) is 120 cm³/mol. The lowest BCUT2D eigenvalue weighted by Gasteiger charge is -2.24. The first-order valence-electron chi connectivity index (χ1n) is 10.7.